The highest BCUT2D eigenvalue weighted by atomic mass is 16.8. The van der Waals surface area contributed by atoms with Gasteiger partial charge in [-0.15, -0.1) is 0 Å². The molecular weight excluding hydrogens is 428 g/mol. The van der Waals surface area contributed by atoms with E-state index in [1.54, 1.807) is 7.11 Å². The quantitative estimate of drug-likeness (QED) is 0.165. The smallest absolute Gasteiger partial charge is 0.163 e. The number of carbonyl (C=O) groups excluding carboxylic acids is 1. The number of rotatable bonds is 18. The first kappa shape index (κ1) is 28.8. The van der Waals surface area contributed by atoms with Gasteiger partial charge < -0.3 is 23.7 Å². The highest BCUT2D eigenvalue weighted by Gasteiger charge is 2.45. The SMILES string of the molecule is COc1ccc(CO[C@H](C=O)[C@@H]2OC(C)(C)O[C@@H]2CCCCCCCCCCCC(C)C)cc1. The van der Waals surface area contributed by atoms with Crippen molar-refractivity contribution in [2.24, 2.45) is 5.92 Å². The van der Waals surface area contributed by atoms with E-state index in [1.807, 2.05) is 38.1 Å². The molecule has 0 aliphatic carbocycles. The summed E-state index contributed by atoms with van der Waals surface area (Å²) in [5, 5.41) is 0. The Hall–Kier alpha value is -1.43. The topological polar surface area (TPSA) is 54.0 Å². The van der Waals surface area contributed by atoms with E-state index in [0.717, 1.165) is 36.4 Å². The maximum absolute atomic E-state index is 11.9. The van der Waals surface area contributed by atoms with Crippen LogP contribution in [0.15, 0.2) is 24.3 Å². The van der Waals surface area contributed by atoms with Crippen molar-refractivity contribution in [3.05, 3.63) is 29.8 Å². The Labute approximate surface area is 207 Å². The Kier molecular flexibility index (Phi) is 13.2. The fourth-order valence-corrected chi connectivity index (χ4v) is 4.63. The second-order valence-corrected chi connectivity index (χ2v) is 10.6. The van der Waals surface area contributed by atoms with Gasteiger partial charge in [0.05, 0.1) is 19.8 Å². The van der Waals surface area contributed by atoms with Gasteiger partial charge in [-0.05, 0) is 43.9 Å². The van der Waals surface area contributed by atoms with Crippen LogP contribution >= 0.6 is 0 Å². The number of carbonyl (C=O) groups is 1. The number of unbranched alkanes of at least 4 members (excludes halogenated alkanes) is 8. The third kappa shape index (κ3) is 10.9. The summed E-state index contributed by atoms with van der Waals surface area (Å²) in [7, 11) is 1.64. The molecular formula is C29H48O5. The Morgan fingerprint density at radius 1 is 0.912 bits per heavy atom. The molecule has 194 valence electrons. The van der Waals surface area contributed by atoms with Gasteiger partial charge in [0.25, 0.3) is 0 Å². The van der Waals surface area contributed by atoms with E-state index in [-0.39, 0.29) is 12.2 Å². The minimum Gasteiger partial charge on any atom is -0.497 e. The van der Waals surface area contributed by atoms with Crippen molar-refractivity contribution in [2.45, 2.75) is 129 Å². The van der Waals surface area contributed by atoms with Crippen LogP contribution in [0.5, 0.6) is 5.75 Å². The van der Waals surface area contributed by atoms with Crippen LogP contribution in [0.2, 0.25) is 0 Å². The van der Waals surface area contributed by atoms with E-state index in [9.17, 15) is 4.79 Å². The average Bonchev–Trinajstić information content (AvgIpc) is 3.12. The molecule has 34 heavy (non-hydrogen) atoms. The Morgan fingerprint density at radius 3 is 2.06 bits per heavy atom. The molecule has 1 heterocycles. The van der Waals surface area contributed by atoms with Crippen LogP contribution in [0.4, 0.5) is 0 Å². The summed E-state index contributed by atoms with van der Waals surface area (Å²) in [6.07, 6.45) is 13.6. The molecule has 1 aliphatic rings. The van der Waals surface area contributed by atoms with Crippen LogP contribution in [-0.4, -0.2) is 37.5 Å². The van der Waals surface area contributed by atoms with Gasteiger partial charge in [-0.3, -0.25) is 0 Å². The third-order valence-corrected chi connectivity index (χ3v) is 6.55. The van der Waals surface area contributed by atoms with Crippen molar-refractivity contribution >= 4 is 6.29 Å². The molecule has 1 aromatic carbocycles. The van der Waals surface area contributed by atoms with Gasteiger partial charge in [-0.1, -0.05) is 90.2 Å². The third-order valence-electron chi connectivity index (χ3n) is 6.55. The maximum Gasteiger partial charge on any atom is 0.163 e. The molecule has 0 unspecified atom stereocenters. The minimum absolute atomic E-state index is 0.123. The standard InChI is InChI=1S/C29H48O5/c1-23(2)15-13-11-9-7-6-8-10-12-14-16-26-28(34-29(3,4)33-26)27(21-30)32-22-24-17-19-25(31-5)20-18-24/h17-21,23,26-28H,6-16,22H2,1-5H3/t26-,27-,28-/m1/s1. The second kappa shape index (κ2) is 15.5. The van der Waals surface area contributed by atoms with Crippen molar-refractivity contribution in [1.29, 1.82) is 0 Å². The summed E-state index contributed by atoms with van der Waals surface area (Å²) in [5.41, 5.74) is 0.988. The molecule has 0 bridgehead atoms. The lowest BCUT2D eigenvalue weighted by Gasteiger charge is -2.23. The number of ether oxygens (including phenoxy) is 4. The molecule has 1 aliphatic heterocycles. The van der Waals surface area contributed by atoms with Gasteiger partial charge in [0.15, 0.2) is 12.1 Å². The van der Waals surface area contributed by atoms with E-state index in [1.165, 1.54) is 57.8 Å². The summed E-state index contributed by atoms with van der Waals surface area (Å²) in [4.78, 5) is 11.9. The zero-order valence-corrected chi connectivity index (χ0v) is 22.2. The molecule has 0 radical (unpaired) electrons. The molecule has 3 atom stereocenters. The predicted molar refractivity (Wildman–Crippen MR) is 137 cm³/mol. The Morgan fingerprint density at radius 2 is 1.50 bits per heavy atom. The van der Waals surface area contributed by atoms with Gasteiger partial charge in [0.2, 0.25) is 0 Å². The minimum atomic E-state index is -0.699. The first-order valence-corrected chi connectivity index (χ1v) is 13.4. The fraction of sp³-hybridized carbons (Fsp3) is 0.759. The number of benzene rings is 1. The molecule has 2 rings (SSSR count). The molecule has 1 fully saturated rings. The fourth-order valence-electron chi connectivity index (χ4n) is 4.63. The molecule has 0 N–H and O–H groups in total. The average molecular weight is 477 g/mol. The zero-order chi connectivity index (χ0) is 24.8. The summed E-state index contributed by atoms with van der Waals surface area (Å²) < 4.78 is 23.4. The normalized spacial score (nSPS) is 20.5. The van der Waals surface area contributed by atoms with E-state index in [0.29, 0.717) is 6.61 Å². The zero-order valence-electron chi connectivity index (χ0n) is 22.2. The van der Waals surface area contributed by atoms with Gasteiger partial charge in [0, 0.05) is 0 Å². The van der Waals surface area contributed by atoms with Crippen molar-refractivity contribution in [3.8, 4) is 5.75 Å². The van der Waals surface area contributed by atoms with Crippen molar-refractivity contribution in [1.82, 2.24) is 0 Å². The van der Waals surface area contributed by atoms with Crippen molar-refractivity contribution in [3.63, 3.8) is 0 Å². The summed E-state index contributed by atoms with van der Waals surface area (Å²) in [5.74, 6) is 0.934. The molecule has 1 saturated heterocycles. The molecule has 5 nitrogen and oxygen atoms in total. The van der Waals surface area contributed by atoms with Crippen LogP contribution in [0.25, 0.3) is 0 Å². The molecule has 0 amide bonds. The van der Waals surface area contributed by atoms with Crippen LogP contribution in [0.3, 0.4) is 0 Å². The van der Waals surface area contributed by atoms with Gasteiger partial charge >= 0.3 is 0 Å². The van der Waals surface area contributed by atoms with Crippen LogP contribution in [0.1, 0.15) is 104 Å². The number of hydrogen-bond acceptors (Lipinski definition) is 5. The first-order chi connectivity index (χ1) is 16.3. The molecule has 0 spiro atoms. The highest BCUT2D eigenvalue weighted by molar-refractivity contribution is 5.57. The number of hydrogen-bond donors (Lipinski definition) is 0. The summed E-state index contributed by atoms with van der Waals surface area (Å²) >= 11 is 0. The van der Waals surface area contributed by atoms with Gasteiger partial charge in [-0.25, -0.2) is 0 Å². The lowest BCUT2D eigenvalue weighted by molar-refractivity contribution is -0.162. The van der Waals surface area contributed by atoms with E-state index < -0.39 is 11.9 Å². The largest absolute Gasteiger partial charge is 0.497 e. The van der Waals surface area contributed by atoms with E-state index >= 15 is 0 Å². The molecule has 0 saturated carbocycles. The van der Waals surface area contributed by atoms with Crippen molar-refractivity contribution in [2.75, 3.05) is 7.11 Å². The molecule has 1 aromatic rings. The van der Waals surface area contributed by atoms with Crippen LogP contribution in [0, 0.1) is 5.92 Å². The van der Waals surface area contributed by atoms with E-state index in [4.69, 9.17) is 18.9 Å². The maximum atomic E-state index is 11.9. The second-order valence-electron chi connectivity index (χ2n) is 10.6. The number of aldehydes is 1. The summed E-state index contributed by atoms with van der Waals surface area (Å²) in [6.45, 7) is 8.78. The van der Waals surface area contributed by atoms with Crippen LogP contribution < -0.4 is 4.74 Å². The number of methoxy groups -OCH3 is 1. The van der Waals surface area contributed by atoms with Gasteiger partial charge in [-0.2, -0.15) is 0 Å². The Bertz CT molecular complexity index is 670. The van der Waals surface area contributed by atoms with Gasteiger partial charge in [0.1, 0.15) is 18.0 Å². The lowest BCUT2D eigenvalue weighted by Crippen LogP contribution is -2.38. The lowest BCUT2D eigenvalue weighted by atomic mass is 10.0. The monoisotopic (exact) mass is 476 g/mol. The first-order valence-electron chi connectivity index (χ1n) is 13.4. The molecule has 0 aromatic heterocycles. The predicted octanol–water partition coefficient (Wildman–Crippen LogP) is 7.25. The van der Waals surface area contributed by atoms with Crippen LogP contribution in [-0.2, 0) is 25.6 Å². The van der Waals surface area contributed by atoms with Crippen molar-refractivity contribution < 1.29 is 23.7 Å². The summed E-state index contributed by atoms with van der Waals surface area (Å²) in [6, 6.07) is 7.67. The highest BCUT2D eigenvalue weighted by Crippen LogP contribution is 2.33. The van der Waals surface area contributed by atoms with E-state index in [2.05, 4.69) is 13.8 Å². The molecule has 5 heteroatoms. The Balaban J connectivity index is 1.67.